The highest BCUT2D eigenvalue weighted by molar-refractivity contribution is 5.86. The zero-order valence-electron chi connectivity index (χ0n) is 12.0. The first kappa shape index (κ1) is 14.5. The van der Waals surface area contributed by atoms with E-state index in [2.05, 4.69) is 0 Å². The molecule has 1 unspecified atom stereocenters. The Labute approximate surface area is 127 Å². The van der Waals surface area contributed by atoms with Crippen LogP contribution in [0.5, 0.6) is 0 Å². The van der Waals surface area contributed by atoms with Gasteiger partial charge in [0, 0.05) is 13.0 Å². The average Bonchev–Trinajstić information content (AvgIpc) is 2.91. The molecule has 114 valence electrons. The van der Waals surface area contributed by atoms with Gasteiger partial charge in [-0.15, -0.1) is 0 Å². The Balaban J connectivity index is 1.72. The molecule has 2 aromatic carbocycles. The molecular weight excluding hydrogens is 285 g/mol. The Hall–Kier alpha value is -2.43. The van der Waals surface area contributed by atoms with E-state index in [-0.39, 0.29) is 31.8 Å². The molecule has 5 heteroatoms. The first-order valence-corrected chi connectivity index (χ1v) is 7.16. The summed E-state index contributed by atoms with van der Waals surface area (Å²) in [5, 5.41) is 11.0. The van der Waals surface area contributed by atoms with Gasteiger partial charge >= 0.3 is 5.97 Å². The van der Waals surface area contributed by atoms with Crippen molar-refractivity contribution < 1.29 is 19.1 Å². The average molecular weight is 301 g/mol. The number of alkyl halides is 1. The molecule has 1 fully saturated rings. The molecule has 1 heterocycles. The van der Waals surface area contributed by atoms with Gasteiger partial charge in [-0.25, -0.2) is 9.18 Å². The van der Waals surface area contributed by atoms with Crippen LogP contribution >= 0.6 is 0 Å². The van der Waals surface area contributed by atoms with Gasteiger partial charge in [0.25, 0.3) is 0 Å². The third kappa shape index (κ3) is 2.66. The normalized spacial score (nSPS) is 21.2. The summed E-state index contributed by atoms with van der Waals surface area (Å²) < 4.78 is 14.0. The maximum atomic E-state index is 14.0. The number of halogens is 1. The third-order valence-corrected chi connectivity index (χ3v) is 4.12. The fourth-order valence-corrected chi connectivity index (χ4v) is 2.80. The Morgan fingerprint density at radius 2 is 1.91 bits per heavy atom. The second-order valence-electron chi connectivity index (χ2n) is 5.69. The highest BCUT2D eigenvalue weighted by Gasteiger charge is 2.46. The van der Waals surface area contributed by atoms with Gasteiger partial charge in [-0.2, -0.15) is 0 Å². The van der Waals surface area contributed by atoms with Crippen LogP contribution in [0.4, 0.5) is 4.39 Å². The van der Waals surface area contributed by atoms with Gasteiger partial charge in [-0.1, -0.05) is 42.5 Å². The number of carbonyl (C=O) groups excluding carboxylic acids is 1. The Morgan fingerprint density at radius 3 is 2.59 bits per heavy atom. The van der Waals surface area contributed by atoms with Crippen LogP contribution < -0.4 is 0 Å². The van der Waals surface area contributed by atoms with E-state index < -0.39 is 11.6 Å². The van der Waals surface area contributed by atoms with Crippen LogP contribution in [-0.2, 0) is 16.0 Å². The lowest BCUT2D eigenvalue weighted by Gasteiger charge is -2.17. The van der Waals surface area contributed by atoms with Crippen molar-refractivity contribution in [3.05, 3.63) is 48.0 Å². The fraction of sp³-hybridized carbons (Fsp3) is 0.294. The van der Waals surface area contributed by atoms with Crippen molar-refractivity contribution in [1.82, 2.24) is 4.90 Å². The van der Waals surface area contributed by atoms with Crippen LogP contribution in [0, 0.1) is 0 Å². The van der Waals surface area contributed by atoms with E-state index in [0.717, 1.165) is 16.3 Å². The minimum atomic E-state index is -2.31. The summed E-state index contributed by atoms with van der Waals surface area (Å²) in [5.41, 5.74) is -1.46. The minimum absolute atomic E-state index is 0.147. The zero-order valence-corrected chi connectivity index (χ0v) is 12.0. The maximum absolute atomic E-state index is 14.0. The standard InChI is InChI=1S/C17H16FNO3/c18-17(16(21)22)7-8-19(11-17)15(20)10-12-5-6-13-3-1-2-4-14(13)9-12/h1-6,9H,7-8,10-11H2,(H,21,22). The maximum Gasteiger partial charge on any atom is 0.343 e. The monoisotopic (exact) mass is 301 g/mol. The predicted molar refractivity (Wildman–Crippen MR) is 80.3 cm³/mol. The number of hydrogen-bond donors (Lipinski definition) is 1. The van der Waals surface area contributed by atoms with Crippen LogP contribution in [0.15, 0.2) is 42.5 Å². The Kier molecular flexibility index (Phi) is 3.56. The fourth-order valence-electron chi connectivity index (χ4n) is 2.80. The van der Waals surface area contributed by atoms with Crippen LogP contribution in [0.1, 0.15) is 12.0 Å². The van der Waals surface area contributed by atoms with Crippen molar-refractivity contribution in [3.63, 3.8) is 0 Å². The number of benzene rings is 2. The number of amides is 1. The van der Waals surface area contributed by atoms with Crippen LogP contribution in [0.3, 0.4) is 0 Å². The van der Waals surface area contributed by atoms with Gasteiger partial charge in [0.2, 0.25) is 11.6 Å². The van der Waals surface area contributed by atoms with Crippen molar-refractivity contribution in [2.75, 3.05) is 13.1 Å². The van der Waals surface area contributed by atoms with Gasteiger partial charge in [0.05, 0.1) is 13.0 Å². The highest BCUT2D eigenvalue weighted by Crippen LogP contribution is 2.26. The number of nitrogens with zero attached hydrogens (tertiary/aromatic N) is 1. The lowest BCUT2D eigenvalue weighted by Crippen LogP contribution is -2.39. The lowest BCUT2D eigenvalue weighted by atomic mass is 10.0. The molecule has 1 saturated heterocycles. The van der Waals surface area contributed by atoms with E-state index in [1.807, 2.05) is 42.5 Å². The number of carboxylic acid groups (broad SMARTS) is 1. The number of hydrogen-bond acceptors (Lipinski definition) is 2. The molecule has 1 amide bonds. The molecule has 0 bridgehead atoms. The van der Waals surface area contributed by atoms with E-state index in [0.29, 0.717) is 0 Å². The summed E-state index contributed by atoms with van der Waals surface area (Å²) in [6.07, 6.45) is 0.00628. The van der Waals surface area contributed by atoms with Gasteiger partial charge in [0.1, 0.15) is 0 Å². The van der Waals surface area contributed by atoms with Crippen LogP contribution in [0.25, 0.3) is 10.8 Å². The number of carbonyl (C=O) groups is 2. The summed E-state index contributed by atoms with van der Waals surface area (Å²) >= 11 is 0. The number of fused-ring (bicyclic) bond motifs is 1. The molecule has 1 aliphatic heterocycles. The SMILES string of the molecule is O=C(Cc1ccc2ccccc2c1)N1CCC(F)(C(=O)O)C1. The molecule has 1 atom stereocenters. The molecule has 0 radical (unpaired) electrons. The molecule has 0 aliphatic carbocycles. The van der Waals surface area contributed by atoms with Crippen molar-refractivity contribution in [1.29, 1.82) is 0 Å². The van der Waals surface area contributed by atoms with Gasteiger partial charge in [-0.05, 0) is 16.3 Å². The minimum Gasteiger partial charge on any atom is -0.479 e. The zero-order chi connectivity index (χ0) is 15.7. The van der Waals surface area contributed by atoms with Crippen molar-refractivity contribution in [2.45, 2.75) is 18.5 Å². The predicted octanol–water partition coefficient (Wildman–Crippen LogP) is 2.41. The topological polar surface area (TPSA) is 57.6 Å². The molecule has 22 heavy (non-hydrogen) atoms. The highest BCUT2D eigenvalue weighted by atomic mass is 19.1. The van der Waals surface area contributed by atoms with E-state index in [1.54, 1.807) is 0 Å². The number of rotatable bonds is 3. The first-order chi connectivity index (χ1) is 10.5. The summed E-state index contributed by atoms with van der Waals surface area (Å²) in [6, 6.07) is 13.6. The summed E-state index contributed by atoms with van der Waals surface area (Å²) in [7, 11) is 0. The quantitative estimate of drug-likeness (QED) is 0.947. The smallest absolute Gasteiger partial charge is 0.343 e. The molecule has 0 spiro atoms. The van der Waals surface area contributed by atoms with Crippen LogP contribution in [-0.4, -0.2) is 40.6 Å². The molecular formula is C17H16FNO3. The molecule has 1 N–H and O–H groups in total. The molecule has 0 aromatic heterocycles. The Bertz CT molecular complexity index is 746. The molecule has 3 rings (SSSR count). The molecule has 2 aromatic rings. The molecule has 0 saturated carbocycles. The largest absolute Gasteiger partial charge is 0.479 e. The van der Waals surface area contributed by atoms with Gasteiger partial charge in [0.15, 0.2) is 0 Å². The van der Waals surface area contributed by atoms with E-state index in [1.165, 1.54) is 4.90 Å². The summed E-state index contributed by atoms with van der Waals surface area (Å²) in [5.74, 6) is -1.73. The van der Waals surface area contributed by atoms with Gasteiger partial charge in [-0.3, -0.25) is 4.79 Å². The summed E-state index contributed by atoms with van der Waals surface area (Å²) in [4.78, 5) is 24.4. The second-order valence-corrected chi connectivity index (χ2v) is 5.69. The first-order valence-electron chi connectivity index (χ1n) is 7.16. The Morgan fingerprint density at radius 1 is 1.18 bits per heavy atom. The lowest BCUT2D eigenvalue weighted by molar-refractivity contribution is -0.150. The van der Waals surface area contributed by atoms with Gasteiger partial charge < -0.3 is 10.0 Å². The van der Waals surface area contributed by atoms with E-state index in [4.69, 9.17) is 5.11 Å². The molecule has 4 nitrogen and oxygen atoms in total. The van der Waals surface area contributed by atoms with E-state index >= 15 is 0 Å². The van der Waals surface area contributed by atoms with Crippen molar-refractivity contribution in [3.8, 4) is 0 Å². The number of likely N-dealkylation sites (tertiary alicyclic amines) is 1. The number of aliphatic carboxylic acids is 1. The second kappa shape index (κ2) is 5.40. The van der Waals surface area contributed by atoms with E-state index in [9.17, 15) is 14.0 Å². The van der Waals surface area contributed by atoms with Crippen molar-refractivity contribution >= 4 is 22.6 Å². The van der Waals surface area contributed by atoms with Crippen molar-refractivity contribution in [2.24, 2.45) is 0 Å². The number of carboxylic acids is 1. The van der Waals surface area contributed by atoms with Crippen LogP contribution in [0.2, 0.25) is 0 Å². The summed E-state index contributed by atoms with van der Waals surface area (Å²) in [6.45, 7) is -0.218. The third-order valence-electron chi connectivity index (χ3n) is 4.12. The molecule has 1 aliphatic rings.